The van der Waals surface area contributed by atoms with Crippen molar-refractivity contribution in [3.05, 3.63) is 63.1 Å². The Morgan fingerprint density at radius 3 is 2.58 bits per heavy atom. The van der Waals surface area contributed by atoms with Crippen LogP contribution < -0.4 is 5.32 Å². The molecule has 0 radical (unpaired) electrons. The molecule has 0 aromatic heterocycles. The summed E-state index contributed by atoms with van der Waals surface area (Å²) in [6, 6.07) is 12.5. The van der Waals surface area contributed by atoms with E-state index in [9.17, 15) is 9.59 Å². The van der Waals surface area contributed by atoms with Gasteiger partial charge < -0.3 is 10.2 Å². The molecule has 0 fully saturated rings. The Bertz CT molecular complexity index is 764. The molecule has 2 aromatic carbocycles. The number of halogens is 2. The minimum Gasteiger partial charge on any atom is -0.330 e. The second-order valence-corrected chi connectivity index (χ2v) is 6.60. The van der Waals surface area contributed by atoms with Crippen LogP contribution in [0.3, 0.4) is 0 Å². The molecule has 0 bridgehead atoms. The van der Waals surface area contributed by atoms with Gasteiger partial charge in [0, 0.05) is 21.7 Å². The summed E-state index contributed by atoms with van der Waals surface area (Å²) in [5, 5.41) is 3.36. The molecule has 0 saturated heterocycles. The smallest absolute Gasteiger partial charge is 0.255 e. The number of rotatable bonds is 5. The largest absolute Gasteiger partial charge is 0.330 e. The van der Waals surface area contributed by atoms with E-state index in [2.05, 4.69) is 21.2 Å². The lowest BCUT2D eigenvalue weighted by atomic mass is 10.2. The van der Waals surface area contributed by atoms with Crippen LogP contribution in [0.4, 0.5) is 5.69 Å². The van der Waals surface area contributed by atoms with Crippen molar-refractivity contribution in [1.82, 2.24) is 4.90 Å². The number of hydrogen-bond donors (Lipinski definition) is 1. The van der Waals surface area contributed by atoms with Gasteiger partial charge in [-0.2, -0.15) is 0 Å². The van der Waals surface area contributed by atoms with Crippen molar-refractivity contribution in [3.63, 3.8) is 0 Å². The standard InChI is InChI=1S/C18H18BrClN2O2/c1-3-22(18(24)14-6-4-5-7-15(14)19)11-17(23)21-16-10-13(20)9-8-12(16)2/h4-10H,3,11H2,1-2H3,(H,21,23). The highest BCUT2D eigenvalue weighted by Gasteiger charge is 2.19. The number of carbonyl (C=O) groups is 2. The van der Waals surface area contributed by atoms with Crippen molar-refractivity contribution >= 4 is 45.0 Å². The fourth-order valence-corrected chi connectivity index (χ4v) is 2.85. The SMILES string of the molecule is CCN(CC(=O)Nc1cc(Cl)ccc1C)C(=O)c1ccccc1Br. The van der Waals surface area contributed by atoms with Crippen molar-refractivity contribution in [2.45, 2.75) is 13.8 Å². The van der Waals surface area contributed by atoms with E-state index < -0.39 is 0 Å². The van der Waals surface area contributed by atoms with Crippen LogP contribution in [0.5, 0.6) is 0 Å². The Morgan fingerprint density at radius 1 is 1.21 bits per heavy atom. The highest BCUT2D eigenvalue weighted by atomic mass is 79.9. The molecule has 0 heterocycles. The van der Waals surface area contributed by atoms with E-state index in [-0.39, 0.29) is 18.4 Å². The summed E-state index contributed by atoms with van der Waals surface area (Å²) >= 11 is 9.33. The van der Waals surface area contributed by atoms with E-state index in [0.29, 0.717) is 27.3 Å². The number of carbonyl (C=O) groups excluding carboxylic acids is 2. The van der Waals surface area contributed by atoms with Crippen LogP contribution in [-0.2, 0) is 4.79 Å². The summed E-state index contributed by atoms with van der Waals surface area (Å²) in [4.78, 5) is 26.4. The number of benzene rings is 2. The summed E-state index contributed by atoms with van der Waals surface area (Å²) in [5.41, 5.74) is 2.09. The van der Waals surface area contributed by atoms with Crippen LogP contribution in [0.1, 0.15) is 22.8 Å². The van der Waals surface area contributed by atoms with Crippen LogP contribution in [0.2, 0.25) is 5.02 Å². The van der Waals surface area contributed by atoms with Gasteiger partial charge in [0.1, 0.15) is 6.54 Å². The average molecular weight is 410 g/mol. The minimum absolute atomic E-state index is 0.0252. The Balaban J connectivity index is 2.09. The molecule has 0 unspecified atom stereocenters. The van der Waals surface area contributed by atoms with Crippen molar-refractivity contribution < 1.29 is 9.59 Å². The number of likely N-dealkylation sites (N-methyl/N-ethyl adjacent to an activating group) is 1. The van der Waals surface area contributed by atoms with Gasteiger partial charge in [0.15, 0.2) is 0 Å². The molecule has 0 atom stereocenters. The molecule has 1 N–H and O–H groups in total. The van der Waals surface area contributed by atoms with Gasteiger partial charge in [-0.1, -0.05) is 29.8 Å². The summed E-state index contributed by atoms with van der Waals surface area (Å²) in [7, 11) is 0. The van der Waals surface area contributed by atoms with E-state index in [4.69, 9.17) is 11.6 Å². The maximum atomic E-state index is 12.6. The molecule has 0 aliphatic carbocycles. The Labute approximate surface area is 154 Å². The van der Waals surface area contributed by atoms with E-state index in [0.717, 1.165) is 5.56 Å². The van der Waals surface area contributed by atoms with Crippen molar-refractivity contribution in [1.29, 1.82) is 0 Å². The lowest BCUT2D eigenvalue weighted by molar-refractivity contribution is -0.116. The molecule has 2 aromatic rings. The van der Waals surface area contributed by atoms with Crippen molar-refractivity contribution in [2.75, 3.05) is 18.4 Å². The van der Waals surface area contributed by atoms with Gasteiger partial charge in [-0.05, 0) is 59.6 Å². The van der Waals surface area contributed by atoms with Crippen LogP contribution >= 0.6 is 27.5 Å². The molecular weight excluding hydrogens is 392 g/mol. The van der Waals surface area contributed by atoms with Crippen LogP contribution in [0.25, 0.3) is 0 Å². The van der Waals surface area contributed by atoms with Gasteiger partial charge in [0.25, 0.3) is 5.91 Å². The van der Waals surface area contributed by atoms with Gasteiger partial charge in [0.2, 0.25) is 5.91 Å². The summed E-state index contributed by atoms with van der Waals surface area (Å²) in [6.45, 7) is 4.13. The highest BCUT2D eigenvalue weighted by molar-refractivity contribution is 9.10. The van der Waals surface area contributed by atoms with Crippen LogP contribution in [0, 0.1) is 6.92 Å². The predicted molar refractivity (Wildman–Crippen MR) is 101 cm³/mol. The minimum atomic E-state index is -0.261. The Hall–Kier alpha value is -1.85. The second kappa shape index (κ2) is 8.31. The third-order valence-corrected chi connectivity index (χ3v) is 4.51. The van der Waals surface area contributed by atoms with Crippen molar-refractivity contribution in [2.24, 2.45) is 0 Å². The third-order valence-electron chi connectivity index (χ3n) is 3.58. The first kappa shape index (κ1) is 18.5. The fourth-order valence-electron chi connectivity index (χ4n) is 2.22. The highest BCUT2D eigenvalue weighted by Crippen LogP contribution is 2.21. The number of nitrogens with zero attached hydrogens (tertiary/aromatic N) is 1. The van der Waals surface area contributed by atoms with E-state index in [1.165, 1.54) is 4.90 Å². The number of aryl methyl sites for hydroxylation is 1. The fraction of sp³-hybridized carbons (Fsp3) is 0.222. The monoisotopic (exact) mass is 408 g/mol. The summed E-state index contributed by atoms with van der Waals surface area (Å²) < 4.78 is 0.708. The van der Waals surface area contributed by atoms with Crippen LogP contribution in [0.15, 0.2) is 46.9 Å². The molecule has 0 aliphatic rings. The lowest BCUT2D eigenvalue weighted by Gasteiger charge is -2.21. The Kier molecular flexibility index (Phi) is 6.40. The molecule has 126 valence electrons. The molecule has 2 amide bonds. The van der Waals surface area contributed by atoms with Gasteiger partial charge in [-0.15, -0.1) is 0 Å². The lowest BCUT2D eigenvalue weighted by Crippen LogP contribution is -2.38. The van der Waals surface area contributed by atoms with Gasteiger partial charge in [0.05, 0.1) is 5.56 Å². The van der Waals surface area contributed by atoms with Gasteiger partial charge in [-0.3, -0.25) is 9.59 Å². The molecule has 0 saturated carbocycles. The Morgan fingerprint density at radius 2 is 1.92 bits per heavy atom. The van der Waals surface area contributed by atoms with Crippen LogP contribution in [-0.4, -0.2) is 29.8 Å². The molecule has 24 heavy (non-hydrogen) atoms. The zero-order valence-electron chi connectivity index (χ0n) is 13.5. The quantitative estimate of drug-likeness (QED) is 0.790. The van der Waals surface area contributed by atoms with Crippen molar-refractivity contribution in [3.8, 4) is 0 Å². The maximum Gasteiger partial charge on any atom is 0.255 e. The van der Waals surface area contributed by atoms with Gasteiger partial charge >= 0.3 is 0 Å². The molecular formula is C18H18BrClN2O2. The average Bonchev–Trinajstić information content (AvgIpc) is 2.56. The number of anilines is 1. The molecule has 4 nitrogen and oxygen atoms in total. The predicted octanol–water partition coefficient (Wildman–Crippen LogP) is 4.51. The topological polar surface area (TPSA) is 49.4 Å². The number of amides is 2. The first-order chi connectivity index (χ1) is 11.4. The zero-order chi connectivity index (χ0) is 17.7. The van der Waals surface area contributed by atoms with E-state index in [1.54, 1.807) is 30.3 Å². The van der Waals surface area contributed by atoms with E-state index in [1.807, 2.05) is 26.0 Å². The number of nitrogens with one attached hydrogen (secondary N) is 1. The first-order valence-electron chi connectivity index (χ1n) is 7.52. The molecule has 2 rings (SSSR count). The normalized spacial score (nSPS) is 10.3. The third kappa shape index (κ3) is 4.58. The first-order valence-corrected chi connectivity index (χ1v) is 8.69. The molecule has 6 heteroatoms. The zero-order valence-corrected chi connectivity index (χ0v) is 15.8. The molecule has 0 spiro atoms. The summed E-state index contributed by atoms with van der Waals surface area (Å²) in [5.74, 6) is -0.453. The van der Waals surface area contributed by atoms with E-state index >= 15 is 0 Å². The maximum absolute atomic E-state index is 12.6. The second-order valence-electron chi connectivity index (χ2n) is 5.31. The van der Waals surface area contributed by atoms with Gasteiger partial charge in [-0.25, -0.2) is 0 Å². The molecule has 0 aliphatic heterocycles. The summed E-state index contributed by atoms with van der Waals surface area (Å²) in [6.07, 6.45) is 0. The number of hydrogen-bond acceptors (Lipinski definition) is 2.